The second-order valence-electron chi connectivity index (χ2n) is 8.08. The Morgan fingerprint density at radius 3 is 2.76 bits per heavy atom. The Bertz CT molecular complexity index is 1380. The number of β-amino-alcohol motifs (C(OH)–C–C–N with tert-alkyl or cyclic N) is 1. The summed E-state index contributed by atoms with van der Waals surface area (Å²) in [4.78, 5) is 29.4. The minimum Gasteiger partial charge on any atom is -0.460 e. The summed E-state index contributed by atoms with van der Waals surface area (Å²) in [5.41, 5.74) is 0.910. The molecule has 3 aromatic rings. The largest absolute Gasteiger partial charge is 0.460 e. The Kier molecular flexibility index (Phi) is 5.73. The maximum absolute atomic E-state index is 12.8. The molecule has 0 bridgehead atoms. The third kappa shape index (κ3) is 3.82. The first kappa shape index (κ1) is 22.8. The monoisotopic (exact) mass is 461 g/mol. The van der Waals surface area contributed by atoms with E-state index in [-0.39, 0.29) is 24.9 Å². The standard InChI is InChI=1S/C24H23N5O5/c1-13-17(23(31)29-11-24(32,10-26)12-29)9-28-21(13)18(6-7-25)34-15-4-5-16-19(8-15)33-14(2)20(16)22(30)27-3/h4-9,25,28,32H,11-12H2,1-3H3,(H,27,30)/b18-6+,25-7?. The van der Waals surface area contributed by atoms with Gasteiger partial charge in [0.1, 0.15) is 23.2 Å². The molecule has 0 atom stereocenters. The molecule has 4 N–H and O–H groups in total. The van der Waals surface area contributed by atoms with Crippen LogP contribution in [0.1, 0.15) is 37.7 Å². The number of aryl methyl sites for hydroxylation is 1. The van der Waals surface area contributed by atoms with Gasteiger partial charge >= 0.3 is 0 Å². The lowest BCUT2D eigenvalue weighted by Crippen LogP contribution is -2.62. The minimum atomic E-state index is -1.50. The first-order valence-electron chi connectivity index (χ1n) is 10.5. The zero-order valence-electron chi connectivity index (χ0n) is 18.9. The number of H-pyrrole nitrogens is 1. The molecule has 1 aliphatic heterocycles. The first-order valence-corrected chi connectivity index (χ1v) is 10.5. The van der Waals surface area contributed by atoms with E-state index in [4.69, 9.17) is 19.8 Å². The Morgan fingerprint density at radius 1 is 1.38 bits per heavy atom. The van der Waals surface area contributed by atoms with Crippen molar-refractivity contribution in [3.63, 3.8) is 0 Å². The highest BCUT2D eigenvalue weighted by Gasteiger charge is 2.44. The number of nitriles is 1. The second-order valence-corrected chi connectivity index (χ2v) is 8.08. The van der Waals surface area contributed by atoms with Gasteiger partial charge in [0.2, 0.25) is 0 Å². The zero-order chi connectivity index (χ0) is 24.6. The van der Waals surface area contributed by atoms with Crippen molar-refractivity contribution in [1.82, 2.24) is 15.2 Å². The van der Waals surface area contributed by atoms with Gasteiger partial charge in [0.05, 0.1) is 29.9 Å². The summed E-state index contributed by atoms with van der Waals surface area (Å²) in [6, 6.07) is 6.86. The van der Waals surface area contributed by atoms with Gasteiger partial charge in [0.15, 0.2) is 11.4 Å². The van der Waals surface area contributed by atoms with E-state index in [9.17, 15) is 14.7 Å². The molecule has 1 fully saturated rings. The molecule has 10 nitrogen and oxygen atoms in total. The summed E-state index contributed by atoms with van der Waals surface area (Å²) < 4.78 is 11.8. The van der Waals surface area contributed by atoms with Crippen LogP contribution in [0.2, 0.25) is 0 Å². The summed E-state index contributed by atoms with van der Waals surface area (Å²) in [6.45, 7) is 3.35. The fourth-order valence-electron chi connectivity index (χ4n) is 3.98. The Balaban J connectivity index is 1.61. The molecule has 2 amide bonds. The van der Waals surface area contributed by atoms with E-state index in [2.05, 4.69) is 10.3 Å². The smallest absolute Gasteiger partial charge is 0.255 e. The van der Waals surface area contributed by atoms with Crippen LogP contribution in [-0.2, 0) is 0 Å². The molecule has 0 spiro atoms. The number of allylic oxidation sites excluding steroid dienone is 1. The SMILES string of the molecule is CNC(=O)c1c(C)oc2cc(O/C(=C/C=N)c3[nH]cc(C(=O)N4CC(O)(C#N)C4)c3C)ccc12. The number of likely N-dealkylation sites (tertiary alicyclic amines) is 1. The molecular formula is C24H23N5O5. The van der Waals surface area contributed by atoms with Crippen molar-refractivity contribution >= 4 is 34.8 Å². The summed E-state index contributed by atoms with van der Waals surface area (Å²) in [5.74, 6) is 0.644. The van der Waals surface area contributed by atoms with Crippen molar-refractivity contribution in [2.45, 2.75) is 19.4 Å². The zero-order valence-corrected chi connectivity index (χ0v) is 18.9. The lowest BCUT2D eigenvalue weighted by Gasteiger charge is -2.41. The second kappa shape index (κ2) is 8.53. The number of fused-ring (bicyclic) bond motifs is 1. The van der Waals surface area contributed by atoms with Crippen LogP contribution in [0.4, 0.5) is 0 Å². The predicted octanol–water partition coefficient (Wildman–Crippen LogP) is 2.52. The van der Waals surface area contributed by atoms with Crippen molar-refractivity contribution in [2.75, 3.05) is 20.1 Å². The molecule has 34 heavy (non-hydrogen) atoms. The molecule has 0 saturated carbocycles. The summed E-state index contributed by atoms with van der Waals surface area (Å²) in [6.07, 6.45) is 4.05. The van der Waals surface area contributed by atoms with E-state index >= 15 is 0 Å². The third-order valence-electron chi connectivity index (χ3n) is 5.77. The highest BCUT2D eigenvalue weighted by atomic mass is 16.5. The number of hydrogen-bond acceptors (Lipinski definition) is 7. The lowest BCUT2D eigenvalue weighted by atomic mass is 9.95. The van der Waals surface area contributed by atoms with Gasteiger partial charge in [-0.25, -0.2) is 0 Å². The van der Waals surface area contributed by atoms with Crippen molar-refractivity contribution in [3.05, 3.63) is 58.6 Å². The predicted molar refractivity (Wildman–Crippen MR) is 124 cm³/mol. The van der Waals surface area contributed by atoms with Gasteiger partial charge in [-0.2, -0.15) is 5.26 Å². The number of nitrogens with zero attached hydrogens (tertiary/aromatic N) is 2. The number of carbonyl (C=O) groups is 2. The normalized spacial score (nSPS) is 14.9. The first-order chi connectivity index (χ1) is 16.2. The molecule has 0 unspecified atom stereocenters. The summed E-state index contributed by atoms with van der Waals surface area (Å²) >= 11 is 0. The van der Waals surface area contributed by atoms with Gasteiger partial charge < -0.3 is 34.9 Å². The van der Waals surface area contributed by atoms with E-state index in [1.165, 1.54) is 17.2 Å². The fourth-order valence-corrected chi connectivity index (χ4v) is 3.98. The minimum absolute atomic E-state index is 0.0530. The number of aromatic nitrogens is 1. The highest BCUT2D eigenvalue weighted by Crippen LogP contribution is 2.32. The summed E-state index contributed by atoms with van der Waals surface area (Å²) in [7, 11) is 1.55. The maximum Gasteiger partial charge on any atom is 0.255 e. The van der Waals surface area contributed by atoms with Crippen molar-refractivity contribution in [1.29, 1.82) is 10.7 Å². The molecule has 1 saturated heterocycles. The quantitative estimate of drug-likeness (QED) is 0.251. The number of furan rings is 1. The van der Waals surface area contributed by atoms with Gasteiger partial charge in [-0.1, -0.05) is 0 Å². The number of ether oxygens (including phenoxy) is 1. The number of aliphatic hydroxyl groups is 1. The van der Waals surface area contributed by atoms with E-state index in [0.717, 1.165) is 6.21 Å². The number of benzene rings is 1. The van der Waals surface area contributed by atoms with E-state index in [1.54, 1.807) is 45.2 Å². The van der Waals surface area contributed by atoms with E-state index in [1.807, 2.05) is 0 Å². The molecule has 2 aromatic heterocycles. The Hall–Kier alpha value is -4.36. The highest BCUT2D eigenvalue weighted by molar-refractivity contribution is 6.07. The van der Waals surface area contributed by atoms with Crippen LogP contribution in [0.3, 0.4) is 0 Å². The number of rotatable bonds is 6. The fraction of sp³-hybridized carbons (Fsp3) is 0.250. The average molecular weight is 461 g/mol. The number of carbonyl (C=O) groups excluding carboxylic acids is 2. The van der Waals surface area contributed by atoms with Gasteiger partial charge in [-0.15, -0.1) is 0 Å². The molecule has 174 valence electrons. The van der Waals surface area contributed by atoms with Gasteiger partial charge in [-0.3, -0.25) is 9.59 Å². The molecule has 10 heteroatoms. The summed E-state index contributed by atoms with van der Waals surface area (Å²) in [5, 5.41) is 29.6. The third-order valence-corrected chi connectivity index (χ3v) is 5.77. The van der Waals surface area contributed by atoms with Crippen LogP contribution in [0.15, 0.2) is 34.9 Å². The molecule has 0 radical (unpaired) electrons. The van der Waals surface area contributed by atoms with Crippen LogP contribution in [0, 0.1) is 30.6 Å². The van der Waals surface area contributed by atoms with Gasteiger partial charge in [0, 0.05) is 37.0 Å². The van der Waals surface area contributed by atoms with Crippen molar-refractivity contribution in [3.8, 4) is 11.8 Å². The molecular weight excluding hydrogens is 438 g/mol. The number of hydrogen-bond donors (Lipinski definition) is 4. The number of nitrogens with one attached hydrogen (secondary N) is 3. The molecule has 3 heterocycles. The average Bonchev–Trinajstić information content (AvgIpc) is 3.34. The van der Waals surface area contributed by atoms with Crippen LogP contribution >= 0.6 is 0 Å². The van der Waals surface area contributed by atoms with Gasteiger partial charge in [0.25, 0.3) is 11.8 Å². The lowest BCUT2D eigenvalue weighted by molar-refractivity contribution is -0.0402. The van der Waals surface area contributed by atoms with Crippen molar-refractivity contribution < 1.29 is 23.8 Å². The topological polar surface area (TPSA) is 155 Å². The number of aromatic amines is 1. The maximum atomic E-state index is 12.8. The number of amides is 2. The van der Waals surface area contributed by atoms with Crippen molar-refractivity contribution in [2.24, 2.45) is 0 Å². The van der Waals surface area contributed by atoms with Crippen LogP contribution in [-0.4, -0.2) is 58.8 Å². The Morgan fingerprint density at radius 2 is 2.12 bits per heavy atom. The molecule has 4 rings (SSSR count). The Labute approximate surface area is 194 Å². The molecule has 1 aromatic carbocycles. The van der Waals surface area contributed by atoms with E-state index in [0.29, 0.717) is 50.6 Å². The van der Waals surface area contributed by atoms with Crippen LogP contribution in [0.5, 0.6) is 5.75 Å². The van der Waals surface area contributed by atoms with Gasteiger partial charge in [-0.05, 0) is 31.5 Å². The van der Waals surface area contributed by atoms with Crippen LogP contribution < -0.4 is 10.1 Å². The molecule has 1 aliphatic rings. The molecule has 0 aliphatic carbocycles. The van der Waals surface area contributed by atoms with Crippen LogP contribution in [0.25, 0.3) is 16.7 Å². The van der Waals surface area contributed by atoms with E-state index < -0.39 is 5.60 Å².